The van der Waals surface area contributed by atoms with Gasteiger partial charge in [0.15, 0.2) is 5.11 Å². The van der Waals surface area contributed by atoms with Gasteiger partial charge in [-0.15, -0.1) is 0 Å². The lowest BCUT2D eigenvalue weighted by Crippen LogP contribution is -2.38. The second-order valence-corrected chi connectivity index (χ2v) is 5.66. The van der Waals surface area contributed by atoms with Crippen LogP contribution in [0.3, 0.4) is 0 Å². The number of nitrogens with two attached hydrogens (primary N) is 1. The van der Waals surface area contributed by atoms with E-state index in [-0.39, 0.29) is 5.11 Å². The maximum absolute atomic E-state index is 6.09. The van der Waals surface area contributed by atoms with E-state index in [1.165, 1.54) is 0 Å². The molecule has 7 heteroatoms. The second-order valence-electron chi connectivity index (χ2n) is 3.98. The predicted octanol–water partition coefficient (Wildman–Crippen LogP) is 3.19. The third-order valence-corrected chi connectivity index (χ3v) is 3.85. The van der Waals surface area contributed by atoms with Gasteiger partial charge in [0.1, 0.15) is 5.82 Å². The van der Waals surface area contributed by atoms with E-state index in [0.717, 1.165) is 10.2 Å². The molecule has 0 radical (unpaired) electrons. The van der Waals surface area contributed by atoms with Crippen molar-refractivity contribution in [3.63, 3.8) is 0 Å². The van der Waals surface area contributed by atoms with Crippen molar-refractivity contribution >= 4 is 50.7 Å². The molecule has 0 aliphatic carbocycles. The summed E-state index contributed by atoms with van der Waals surface area (Å²) < 4.78 is 0.833. The van der Waals surface area contributed by atoms with Gasteiger partial charge in [-0.05, 0) is 52.4 Å². The van der Waals surface area contributed by atoms with Crippen molar-refractivity contribution < 1.29 is 0 Å². The molecule has 0 saturated heterocycles. The number of halogens is 2. The zero-order valence-electron chi connectivity index (χ0n) is 10.5. The number of pyridine rings is 2. The van der Waals surface area contributed by atoms with Gasteiger partial charge in [0.05, 0.1) is 15.2 Å². The molecule has 2 aromatic rings. The highest BCUT2D eigenvalue weighted by Crippen LogP contribution is 2.23. The maximum Gasteiger partial charge on any atom is 0.172 e. The Kier molecular flexibility index (Phi) is 5.28. The number of rotatable bonds is 4. The molecule has 0 amide bonds. The molecular formula is C13H12BrClN4S. The van der Waals surface area contributed by atoms with Crippen molar-refractivity contribution in [2.45, 2.75) is 6.42 Å². The zero-order valence-corrected chi connectivity index (χ0v) is 13.6. The van der Waals surface area contributed by atoms with E-state index in [2.05, 4.69) is 25.9 Å². The lowest BCUT2D eigenvalue weighted by atomic mass is 10.2. The van der Waals surface area contributed by atoms with Gasteiger partial charge in [-0.1, -0.05) is 11.6 Å². The van der Waals surface area contributed by atoms with E-state index in [1.807, 2.05) is 18.2 Å². The Labute approximate surface area is 136 Å². The highest BCUT2D eigenvalue weighted by molar-refractivity contribution is 9.10. The maximum atomic E-state index is 6.09. The van der Waals surface area contributed by atoms with Crippen LogP contribution in [0.4, 0.5) is 5.82 Å². The molecule has 4 nitrogen and oxygen atoms in total. The molecular weight excluding hydrogens is 360 g/mol. The fraction of sp³-hybridized carbons (Fsp3) is 0.154. The molecule has 2 N–H and O–H groups in total. The first-order valence-corrected chi connectivity index (χ1v) is 7.44. The Bertz CT molecular complexity index is 623. The van der Waals surface area contributed by atoms with E-state index in [1.54, 1.807) is 23.4 Å². The SMILES string of the molecule is NC(=S)N(CCc1ncccc1Cl)c1ncccc1Br. The standard InChI is InChI=1S/C13H12BrClN4S/c14-9-3-1-7-18-12(9)19(13(16)20)8-5-11-10(15)4-2-6-17-11/h1-4,6-7H,5,8H2,(H2,16,20). The molecule has 0 aromatic carbocycles. The van der Waals surface area contributed by atoms with Gasteiger partial charge in [0.25, 0.3) is 0 Å². The highest BCUT2D eigenvalue weighted by atomic mass is 79.9. The van der Waals surface area contributed by atoms with Crippen molar-refractivity contribution in [1.29, 1.82) is 0 Å². The fourth-order valence-electron chi connectivity index (χ4n) is 1.72. The van der Waals surface area contributed by atoms with Gasteiger partial charge >= 0.3 is 0 Å². The summed E-state index contributed by atoms with van der Waals surface area (Å²) in [5, 5.41) is 0.895. The summed E-state index contributed by atoms with van der Waals surface area (Å²) in [7, 11) is 0. The van der Waals surface area contributed by atoms with Gasteiger partial charge in [0.2, 0.25) is 0 Å². The van der Waals surface area contributed by atoms with Crippen LogP contribution in [0.15, 0.2) is 41.1 Å². The van der Waals surface area contributed by atoms with Gasteiger partial charge in [-0.3, -0.25) is 4.98 Å². The number of hydrogen-bond acceptors (Lipinski definition) is 3. The van der Waals surface area contributed by atoms with E-state index in [4.69, 9.17) is 29.6 Å². The molecule has 2 aromatic heterocycles. The molecule has 0 aliphatic heterocycles. The smallest absolute Gasteiger partial charge is 0.172 e. The van der Waals surface area contributed by atoms with Crippen LogP contribution in [0.5, 0.6) is 0 Å². The van der Waals surface area contributed by atoms with Crippen LogP contribution < -0.4 is 10.6 Å². The molecule has 0 fully saturated rings. The van der Waals surface area contributed by atoms with Crippen LogP contribution in [0, 0.1) is 0 Å². The Morgan fingerprint density at radius 3 is 2.65 bits per heavy atom. The van der Waals surface area contributed by atoms with Crippen molar-refractivity contribution in [3.8, 4) is 0 Å². The Hall–Kier alpha value is -1.24. The quantitative estimate of drug-likeness (QED) is 0.837. The topological polar surface area (TPSA) is 55.0 Å². The summed E-state index contributed by atoms with van der Waals surface area (Å²) in [6.45, 7) is 0.557. The van der Waals surface area contributed by atoms with E-state index < -0.39 is 0 Å². The number of aromatic nitrogens is 2. The summed E-state index contributed by atoms with van der Waals surface area (Å²) in [5.41, 5.74) is 6.59. The second kappa shape index (κ2) is 6.97. The minimum absolute atomic E-state index is 0.261. The first-order chi connectivity index (χ1) is 9.59. The Morgan fingerprint density at radius 1 is 1.30 bits per heavy atom. The van der Waals surface area contributed by atoms with Crippen molar-refractivity contribution in [1.82, 2.24) is 9.97 Å². The average molecular weight is 372 g/mol. The Balaban J connectivity index is 2.18. The number of anilines is 1. The fourth-order valence-corrected chi connectivity index (χ4v) is 2.58. The molecule has 0 spiro atoms. The van der Waals surface area contributed by atoms with E-state index >= 15 is 0 Å². The zero-order chi connectivity index (χ0) is 14.5. The predicted molar refractivity (Wildman–Crippen MR) is 89.0 cm³/mol. The third kappa shape index (κ3) is 3.65. The van der Waals surface area contributed by atoms with Crippen LogP contribution in [0.25, 0.3) is 0 Å². The molecule has 0 unspecified atom stereocenters. The monoisotopic (exact) mass is 370 g/mol. The van der Waals surface area contributed by atoms with Crippen LogP contribution in [0.1, 0.15) is 5.69 Å². The van der Waals surface area contributed by atoms with Gasteiger partial charge in [-0.25, -0.2) is 4.98 Å². The summed E-state index contributed by atoms with van der Waals surface area (Å²) in [5.74, 6) is 0.687. The van der Waals surface area contributed by atoms with Crippen LogP contribution in [-0.2, 0) is 6.42 Å². The number of hydrogen-bond donors (Lipinski definition) is 1. The van der Waals surface area contributed by atoms with Gasteiger partial charge < -0.3 is 10.6 Å². The molecule has 2 heterocycles. The van der Waals surface area contributed by atoms with Gasteiger partial charge in [0, 0.05) is 25.4 Å². The van der Waals surface area contributed by atoms with E-state index in [0.29, 0.717) is 23.8 Å². The molecule has 0 bridgehead atoms. The lowest BCUT2D eigenvalue weighted by molar-refractivity contribution is 0.886. The average Bonchev–Trinajstić information content (AvgIpc) is 2.42. The largest absolute Gasteiger partial charge is 0.376 e. The summed E-state index contributed by atoms with van der Waals surface area (Å²) in [4.78, 5) is 10.3. The summed E-state index contributed by atoms with van der Waals surface area (Å²) in [6, 6.07) is 7.33. The number of thiocarbonyl (C=S) groups is 1. The molecule has 0 saturated carbocycles. The molecule has 0 aliphatic rings. The van der Waals surface area contributed by atoms with Crippen LogP contribution in [-0.4, -0.2) is 21.6 Å². The van der Waals surface area contributed by atoms with E-state index in [9.17, 15) is 0 Å². The molecule has 20 heavy (non-hydrogen) atoms. The summed E-state index contributed by atoms with van der Waals surface area (Å²) in [6.07, 6.45) is 4.03. The first kappa shape index (κ1) is 15.2. The Morgan fingerprint density at radius 2 is 2.00 bits per heavy atom. The van der Waals surface area contributed by atoms with Crippen LogP contribution in [0.2, 0.25) is 5.02 Å². The highest BCUT2D eigenvalue weighted by Gasteiger charge is 2.14. The van der Waals surface area contributed by atoms with Crippen molar-refractivity contribution in [3.05, 3.63) is 51.8 Å². The minimum Gasteiger partial charge on any atom is -0.376 e. The van der Waals surface area contributed by atoms with Crippen molar-refractivity contribution in [2.24, 2.45) is 5.73 Å². The van der Waals surface area contributed by atoms with Crippen molar-refractivity contribution in [2.75, 3.05) is 11.4 Å². The third-order valence-electron chi connectivity index (χ3n) is 2.67. The first-order valence-electron chi connectivity index (χ1n) is 5.86. The number of nitrogens with zero attached hydrogens (tertiary/aromatic N) is 3. The van der Waals surface area contributed by atoms with Gasteiger partial charge in [-0.2, -0.15) is 0 Å². The minimum atomic E-state index is 0.261. The summed E-state index contributed by atoms with van der Waals surface area (Å²) >= 11 is 14.6. The lowest BCUT2D eigenvalue weighted by Gasteiger charge is -2.22. The molecule has 2 rings (SSSR count). The normalized spacial score (nSPS) is 10.3. The molecule has 0 atom stereocenters. The molecule has 104 valence electrons. The van der Waals surface area contributed by atoms with Crippen LogP contribution >= 0.6 is 39.7 Å².